The molecule has 4 heteroatoms. The zero-order valence-electron chi connectivity index (χ0n) is 12.1. The van der Waals surface area contributed by atoms with Gasteiger partial charge in [-0.05, 0) is 60.8 Å². The zero-order valence-corrected chi connectivity index (χ0v) is 16.0. The molecular formula is C17H18Br2ClN. The van der Waals surface area contributed by atoms with Gasteiger partial charge in [-0.2, -0.15) is 0 Å². The minimum atomic E-state index is 0.256. The van der Waals surface area contributed by atoms with Gasteiger partial charge in [0.2, 0.25) is 0 Å². The molecule has 1 nitrogen and oxygen atoms in total. The maximum atomic E-state index is 6.37. The number of aryl methyl sites for hydroxylation is 1. The minimum Gasteiger partial charge on any atom is -0.310 e. The average Bonchev–Trinajstić information content (AvgIpc) is 2.44. The Hall–Kier alpha value is -0.350. The Morgan fingerprint density at radius 3 is 2.43 bits per heavy atom. The van der Waals surface area contributed by atoms with Gasteiger partial charge in [0.1, 0.15) is 0 Å². The summed E-state index contributed by atoms with van der Waals surface area (Å²) in [4.78, 5) is 0. The van der Waals surface area contributed by atoms with Crippen molar-refractivity contribution < 1.29 is 0 Å². The lowest BCUT2D eigenvalue weighted by Gasteiger charge is -2.21. The molecule has 0 radical (unpaired) electrons. The van der Waals surface area contributed by atoms with E-state index < -0.39 is 0 Å². The monoisotopic (exact) mass is 429 g/mol. The van der Waals surface area contributed by atoms with Gasteiger partial charge >= 0.3 is 0 Å². The van der Waals surface area contributed by atoms with Gasteiger partial charge < -0.3 is 5.32 Å². The van der Waals surface area contributed by atoms with E-state index in [1.54, 1.807) is 0 Å². The van der Waals surface area contributed by atoms with E-state index in [2.05, 4.69) is 75.3 Å². The molecule has 21 heavy (non-hydrogen) atoms. The normalized spacial score (nSPS) is 12.4. The van der Waals surface area contributed by atoms with Crippen LogP contribution in [0.5, 0.6) is 0 Å². The Morgan fingerprint density at radius 2 is 1.76 bits per heavy atom. The maximum absolute atomic E-state index is 6.37. The minimum absolute atomic E-state index is 0.256. The van der Waals surface area contributed by atoms with Gasteiger partial charge in [-0.15, -0.1) is 0 Å². The number of halogens is 3. The first-order valence-corrected chi connectivity index (χ1v) is 8.91. The van der Waals surface area contributed by atoms with Gasteiger partial charge in [0.25, 0.3) is 0 Å². The molecule has 0 saturated heterocycles. The summed E-state index contributed by atoms with van der Waals surface area (Å²) in [5.74, 6) is 0. The molecular weight excluding hydrogens is 413 g/mol. The standard InChI is InChI=1S/C17H18Br2ClN/c1-3-21-17(15-9-13(18)6-4-11(15)2)8-12-5-7-14(19)10-16(12)20/h4-7,9-10,17,21H,3,8H2,1-2H3. The Bertz CT molecular complexity index is 628. The molecule has 0 aliphatic rings. The number of nitrogens with one attached hydrogen (secondary N) is 1. The SMILES string of the molecule is CCNC(Cc1ccc(Br)cc1Cl)c1cc(Br)ccc1C. The zero-order chi connectivity index (χ0) is 15.4. The van der Waals surface area contributed by atoms with Crippen LogP contribution in [0.25, 0.3) is 0 Å². The summed E-state index contributed by atoms with van der Waals surface area (Å²) in [5, 5.41) is 4.37. The second-order valence-corrected chi connectivity index (χ2v) is 7.29. The van der Waals surface area contributed by atoms with Crippen LogP contribution in [-0.4, -0.2) is 6.54 Å². The van der Waals surface area contributed by atoms with Gasteiger partial charge in [0.15, 0.2) is 0 Å². The van der Waals surface area contributed by atoms with E-state index in [1.165, 1.54) is 11.1 Å². The van der Waals surface area contributed by atoms with E-state index >= 15 is 0 Å². The van der Waals surface area contributed by atoms with Crippen LogP contribution in [0.15, 0.2) is 45.3 Å². The molecule has 0 aliphatic carbocycles. The summed E-state index contributed by atoms with van der Waals surface area (Å²) < 4.78 is 2.11. The van der Waals surface area contributed by atoms with Crippen LogP contribution < -0.4 is 5.32 Å². The third-order valence-corrected chi connectivity index (χ3v) is 4.84. The quantitative estimate of drug-likeness (QED) is 0.606. The fourth-order valence-corrected chi connectivity index (χ4v) is 3.56. The predicted molar refractivity (Wildman–Crippen MR) is 98.2 cm³/mol. The molecule has 0 aliphatic heterocycles. The van der Waals surface area contributed by atoms with Crippen LogP contribution in [0.3, 0.4) is 0 Å². The summed E-state index contributed by atoms with van der Waals surface area (Å²) in [7, 11) is 0. The lowest BCUT2D eigenvalue weighted by atomic mass is 9.95. The fraction of sp³-hybridized carbons (Fsp3) is 0.294. The van der Waals surface area contributed by atoms with E-state index in [9.17, 15) is 0 Å². The molecule has 1 unspecified atom stereocenters. The smallest absolute Gasteiger partial charge is 0.0449 e. The van der Waals surface area contributed by atoms with Crippen molar-refractivity contribution >= 4 is 43.5 Å². The second kappa shape index (κ2) is 7.77. The third kappa shape index (κ3) is 4.56. The second-order valence-electron chi connectivity index (χ2n) is 5.05. The van der Waals surface area contributed by atoms with Crippen molar-refractivity contribution in [3.63, 3.8) is 0 Å². The van der Waals surface area contributed by atoms with Gasteiger partial charge in [-0.3, -0.25) is 0 Å². The van der Waals surface area contributed by atoms with Crippen molar-refractivity contribution in [2.75, 3.05) is 6.54 Å². The van der Waals surface area contributed by atoms with Crippen molar-refractivity contribution in [1.29, 1.82) is 0 Å². The van der Waals surface area contributed by atoms with E-state index in [4.69, 9.17) is 11.6 Å². The van der Waals surface area contributed by atoms with Crippen LogP contribution in [0.2, 0.25) is 5.02 Å². The Labute approximate surface area is 148 Å². The Kier molecular flexibility index (Phi) is 6.30. The van der Waals surface area contributed by atoms with Gasteiger partial charge in [0.05, 0.1) is 0 Å². The summed E-state index contributed by atoms with van der Waals surface area (Å²) in [6, 6.07) is 12.7. The summed E-state index contributed by atoms with van der Waals surface area (Å²) >= 11 is 13.4. The fourth-order valence-electron chi connectivity index (χ4n) is 2.43. The molecule has 0 amide bonds. The van der Waals surface area contributed by atoms with Crippen molar-refractivity contribution in [1.82, 2.24) is 5.32 Å². The highest BCUT2D eigenvalue weighted by Crippen LogP contribution is 2.29. The van der Waals surface area contributed by atoms with Crippen molar-refractivity contribution in [3.05, 3.63) is 67.1 Å². The molecule has 0 aromatic heterocycles. The molecule has 2 rings (SSSR count). The first kappa shape index (κ1) is 17.0. The van der Waals surface area contributed by atoms with E-state index in [-0.39, 0.29) is 6.04 Å². The maximum Gasteiger partial charge on any atom is 0.0449 e. The van der Waals surface area contributed by atoms with Crippen molar-refractivity contribution in [3.8, 4) is 0 Å². The van der Waals surface area contributed by atoms with Gasteiger partial charge in [-0.1, -0.05) is 62.5 Å². The number of benzene rings is 2. The van der Waals surface area contributed by atoms with E-state index in [0.717, 1.165) is 32.5 Å². The molecule has 1 atom stereocenters. The van der Waals surface area contributed by atoms with Crippen LogP contribution >= 0.6 is 43.5 Å². The predicted octanol–water partition coefficient (Wildman–Crippen LogP) is 6.07. The molecule has 112 valence electrons. The van der Waals surface area contributed by atoms with Crippen molar-refractivity contribution in [2.45, 2.75) is 26.3 Å². The highest BCUT2D eigenvalue weighted by atomic mass is 79.9. The first-order chi connectivity index (χ1) is 10.0. The topological polar surface area (TPSA) is 12.0 Å². The number of rotatable bonds is 5. The summed E-state index contributed by atoms with van der Waals surface area (Å²) in [5.41, 5.74) is 3.76. The van der Waals surface area contributed by atoms with E-state index in [1.807, 2.05) is 12.1 Å². The molecule has 0 heterocycles. The Balaban J connectivity index is 2.32. The largest absolute Gasteiger partial charge is 0.310 e. The highest BCUT2D eigenvalue weighted by Gasteiger charge is 2.15. The third-order valence-electron chi connectivity index (χ3n) is 3.51. The lowest BCUT2D eigenvalue weighted by molar-refractivity contribution is 0.547. The van der Waals surface area contributed by atoms with Crippen LogP contribution in [0.1, 0.15) is 29.7 Å². The van der Waals surface area contributed by atoms with Crippen LogP contribution in [0.4, 0.5) is 0 Å². The molecule has 0 fully saturated rings. The molecule has 0 spiro atoms. The van der Waals surface area contributed by atoms with Gasteiger partial charge in [-0.25, -0.2) is 0 Å². The summed E-state index contributed by atoms with van der Waals surface area (Å²) in [6.45, 7) is 5.20. The highest BCUT2D eigenvalue weighted by molar-refractivity contribution is 9.10. The molecule has 0 bridgehead atoms. The first-order valence-electron chi connectivity index (χ1n) is 6.94. The van der Waals surface area contributed by atoms with E-state index in [0.29, 0.717) is 0 Å². The molecule has 2 aromatic carbocycles. The van der Waals surface area contributed by atoms with Crippen LogP contribution in [0, 0.1) is 6.92 Å². The molecule has 1 N–H and O–H groups in total. The lowest BCUT2D eigenvalue weighted by Crippen LogP contribution is -2.24. The van der Waals surface area contributed by atoms with Gasteiger partial charge in [0, 0.05) is 20.0 Å². The average molecular weight is 432 g/mol. The molecule has 2 aromatic rings. The number of hydrogen-bond donors (Lipinski definition) is 1. The number of likely N-dealkylation sites (N-methyl/N-ethyl adjacent to an activating group) is 1. The number of hydrogen-bond acceptors (Lipinski definition) is 1. The Morgan fingerprint density at radius 1 is 1.10 bits per heavy atom. The molecule has 0 saturated carbocycles. The summed E-state index contributed by atoms with van der Waals surface area (Å²) in [6.07, 6.45) is 0.872. The van der Waals surface area contributed by atoms with Crippen molar-refractivity contribution in [2.24, 2.45) is 0 Å². The van der Waals surface area contributed by atoms with Crippen LogP contribution in [-0.2, 0) is 6.42 Å².